The number of carbonyl (C=O) groups is 1. The third-order valence-electron chi connectivity index (χ3n) is 5.36. The summed E-state index contributed by atoms with van der Waals surface area (Å²) in [5.74, 6) is -0.495. The maximum atomic E-state index is 14.3. The van der Waals surface area contributed by atoms with Gasteiger partial charge in [-0.05, 0) is 34.5 Å². The highest BCUT2D eigenvalue weighted by atomic mass is 28.3. The van der Waals surface area contributed by atoms with Crippen LogP contribution in [0, 0.1) is 0 Å². The van der Waals surface area contributed by atoms with Crippen molar-refractivity contribution in [3.8, 4) is 11.1 Å². The summed E-state index contributed by atoms with van der Waals surface area (Å²) >= 11 is 0. The van der Waals surface area contributed by atoms with Crippen LogP contribution in [0.15, 0.2) is 103 Å². The van der Waals surface area contributed by atoms with Crippen molar-refractivity contribution in [3.63, 3.8) is 0 Å². The van der Waals surface area contributed by atoms with Crippen LogP contribution in [0.5, 0.6) is 0 Å². The van der Waals surface area contributed by atoms with Crippen LogP contribution < -0.4 is 15.6 Å². The molecule has 0 bridgehead atoms. The average Bonchev–Trinajstić information content (AvgIpc) is 2.85. The molecule has 0 unspecified atom stereocenters. The molecule has 2 nitrogen and oxygen atoms in total. The number of hydrogen-bond donors (Lipinski definition) is 0. The van der Waals surface area contributed by atoms with Gasteiger partial charge >= 0.3 is 12.1 Å². The number of hydrogen-bond acceptors (Lipinski definition) is 2. The molecule has 165 valence electrons. The smallest absolute Gasteiger partial charge is 0.416 e. The number of halogens is 3. The van der Waals surface area contributed by atoms with E-state index in [2.05, 4.69) is 4.74 Å². The summed E-state index contributed by atoms with van der Waals surface area (Å²) in [5, 5.41) is 2.06. The molecule has 0 saturated heterocycles. The average molecular weight is 462 g/mol. The van der Waals surface area contributed by atoms with Crippen molar-refractivity contribution in [1.82, 2.24) is 0 Å². The molecule has 0 amide bonds. The van der Waals surface area contributed by atoms with Crippen LogP contribution in [-0.2, 0) is 10.9 Å². The third kappa shape index (κ3) is 4.91. The van der Waals surface area contributed by atoms with E-state index in [1.165, 1.54) is 13.2 Å². The highest BCUT2D eigenvalue weighted by Gasteiger charge is 2.37. The van der Waals surface area contributed by atoms with Crippen LogP contribution >= 0.6 is 0 Å². The van der Waals surface area contributed by atoms with Crippen LogP contribution in [0.1, 0.15) is 15.9 Å². The lowest BCUT2D eigenvalue weighted by Crippen LogP contribution is -2.54. The SMILES string of the molecule is COC(=O)c1ccc(-c2ccc([Si](c3ccccc3)c3ccccc3)c(C(F)(F)F)c2)cc1. The molecule has 1 radical (unpaired) electrons. The van der Waals surface area contributed by atoms with Crippen molar-refractivity contribution in [1.29, 1.82) is 0 Å². The van der Waals surface area contributed by atoms with E-state index in [0.717, 1.165) is 10.4 Å². The van der Waals surface area contributed by atoms with Crippen molar-refractivity contribution in [3.05, 3.63) is 114 Å². The quantitative estimate of drug-likeness (QED) is 0.245. The summed E-state index contributed by atoms with van der Waals surface area (Å²) in [7, 11) is -0.609. The summed E-state index contributed by atoms with van der Waals surface area (Å²) in [4.78, 5) is 11.7. The number of benzene rings is 4. The molecule has 0 spiro atoms. The minimum absolute atomic E-state index is 0.292. The first-order chi connectivity index (χ1) is 15.9. The Hall–Kier alpha value is -3.64. The first-order valence-corrected chi connectivity index (χ1v) is 11.8. The maximum Gasteiger partial charge on any atom is 0.416 e. The Morgan fingerprint density at radius 2 is 1.24 bits per heavy atom. The Morgan fingerprint density at radius 1 is 0.727 bits per heavy atom. The third-order valence-corrected chi connectivity index (χ3v) is 8.15. The molecule has 0 heterocycles. The molecule has 0 N–H and O–H groups in total. The van der Waals surface area contributed by atoms with E-state index in [1.807, 2.05) is 60.7 Å². The Labute approximate surface area is 191 Å². The molecule has 4 rings (SSSR count). The van der Waals surface area contributed by atoms with E-state index in [-0.39, 0.29) is 0 Å². The predicted molar refractivity (Wildman–Crippen MR) is 126 cm³/mol. The second-order valence-electron chi connectivity index (χ2n) is 7.43. The lowest BCUT2D eigenvalue weighted by atomic mass is 10.0. The molecule has 0 atom stereocenters. The van der Waals surface area contributed by atoms with Gasteiger partial charge in [0.05, 0.1) is 18.2 Å². The Balaban J connectivity index is 1.85. The van der Waals surface area contributed by atoms with Crippen molar-refractivity contribution >= 4 is 30.3 Å². The van der Waals surface area contributed by atoms with Crippen molar-refractivity contribution in [2.75, 3.05) is 7.11 Å². The summed E-state index contributed by atoms with van der Waals surface area (Å²) in [5.41, 5.74) is 0.726. The second-order valence-corrected chi connectivity index (χ2v) is 9.88. The zero-order chi connectivity index (χ0) is 23.4. The summed E-state index contributed by atoms with van der Waals surface area (Å²) in [6, 6.07) is 29.6. The molecule has 0 fully saturated rings. The van der Waals surface area contributed by atoms with Gasteiger partial charge in [-0.15, -0.1) is 0 Å². The van der Waals surface area contributed by atoms with Gasteiger partial charge in [0, 0.05) is 0 Å². The number of ether oxygens (including phenoxy) is 1. The van der Waals surface area contributed by atoms with Gasteiger partial charge in [-0.3, -0.25) is 0 Å². The van der Waals surface area contributed by atoms with Gasteiger partial charge in [0.2, 0.25) is 0 Å². The predicted octanol–water partition coefficient (Wildman–Crippen LogP) is 4.68. The lowest BCUT2D eigenvalue weighted by molar-refractivity contribution is -0.136. The molecule has 4 aromatic rings. The minimum Gasteiger partial charge on any atom is -0.465 e. The van der Waals surface area contributed by atoms with E-state index < -0.39 is 26.5 Å². The summed E-state index contributed by atoms with van der Waals surface area (Å²) in [6.45, 7) is 0. The molecular weight excluding hydrogens is 441 g/mol. The van der Waals surface area contributed by atoms with E-state index in [1.54, 1.807) is 36.4 Å². The van der Waals surface area contributed by atoms with Gasteiger partial charge < -0.3 is 4.74 Å². The number of methoxy groups -OCH3 is 1. The summed E-state index contributed by atoms with van der Waals surface area (Å²) < 4.78 is 47.6. The normalized spacial score (nSPS) is 11.4. The highest BCUT2D eigenvalue weighted by molar-refractivity contribution is 6.95. The van der Waals surface area contributed by atoms with Gasteiger partial charge in [-0.1, -0.05) is 95.3 Å². The Morgan fingerprint density at radius 3 is 1.73 bits per heavy atom. The number of carbonyl (C=O) groups excluding carboxylic acids is 1. The van der Waals surface area contributed by atoms with Gasteiger partial charge in [-0.25, -0.2) is 4.79 Å². The number of rotatable bonds is 5. The molecule has 0 saturated carbocycles. The van der Waals surface area contributed by atoms with Gasteiger partial charge in [0.25, 0.3) is 0 Å². The minimum atomic E-state index is -4.52. The zero-order valence-corrected chi connectivity index (χ0v) is 18.8. The highest BCUT2D eigenvalue weighted by Crippen LogP contribution is 2.31. The second kappa shape index (κ2) is 9.46. The lowest BCUT2D eigenvalue weighted by Gasteiger charge is -2.22. The van der Waals surface area contributed by atoms with Crippen LogP contribution in [0.2, 0.25) is 0 Å². The molecule has 6 heteroatoms. The van der Waals surface area contributed by atoms with Crippen molar-refractivity contribution in [2.24, 2.45) is 0 Å². The zero-order valence-electron chi connectivity index (χ0n) is 17.8. The Kier molecular flexibility index (Phi) is 6.47. The first-order valence-electron chi connectivity index (χ1n) is 10.3. The molecule has 0 aliphatic rings. The molecule has 4 aromatic carbocycles. The number of alkyl halides is 3. The van der Waals surface area contributed by atoms with Crippen LogP contribution in [0.4, 0.5) is 13.2 Å². The largest absolute Gasteiger partial charge is 0.465 e. The fourth-order valence-corrected chi connectivity index (χ4v) is 6.52. The topological polar surface area (TPSA) is 26.3 Å². The van der Waals surface area contributed by atoms with E-state index in [4.69, 9.17) is 0 Å². The van der Waals surface area contributed by atoms with Crippen molar-refractivity contribution < 1.29 is 22.7 Å². The van der Waals surface area contributed by atoms with E-state index >= 15 is 0 Å². The molecule has 33 heavy (non-hydrogen) atoms. The summed E-state index contributed by atoms with van der Waals surface area (Å²) in [6.07, 6.45) is -4.52. The first kappa shape index (κ1) is 22.5. The number of esters is 1. The van der Waals surface area contributed by atoms with E-state index in [9.17, 15) is 18.0 Å². The van der Waals surface area contributed by atoms with Crippen LogP contribution in [0.3, 0.4) is 0 Å². The molecule has 0 aliphatic carbocycles. The Bertz CT molecular complexity index is 1200. The molecule has 0 aliphatic heterocycles. The fourth-order valence-electron chi connectivity index (χ4n) is 3.78. The van der Waals surface area contributed by atoms with Gasteiger partial charge in [0.15, 0.2) is 8.80 Å². The maximum absolute atomic E-state index is 14.3. The van der Waals surface area contributed by atoms with Gasteiger partial charge in [-0.2, -0.15) is 13.2 Å². The fraction of sp³-hybridized carbons (Fsp3) is 0.0741. The van der Waals surface area contributed by atoms with E-state index in [0.29, 0.717) is 21.9 Å². The molecular formula is C27H20F3O2Si. The van der Waals surface area contributed by atoms with Crippen LogP contribution in [0.25, 0.3) is 11.1 Å². The van der Waals surface area contributed by atoms with Crippen LogP contribution in [-0.4, -0.2) is 21.9 Å². The monoisotopic (exact) mass is 461 g/mol. The van der Waals surface area contributed by atoms with Gasteiger partial charge in [0.1, 0.15) is 0 Å². The van der Waals surface area contributed by atoms with Crippen molar-refractivity contribution in [2.45, 2.75) is 6.18 Å². The standard InChI is InChI=1S/C27H20F3O2Si/c1-32-26(31)20-14-12-19(13-15-20)21-16-17-25(24(18-21)27(28,29)30)33(22-8-4-2-5-9-22)23-10-6-3-7-11-23/h2-18H,1H3. The molecule has 0 aromatic heterocycles.